The molecule has 0 saturated heterocycles. The Kier molecular flexibility index (Phi) is 5.69. The van der Waals surface area contributed by atoms with Crippen LogP contribution in [0.25, 0.3) is 38.5 Å². The second kappa shape index (κ2) is 8.66. The number of aromatic hydroxyl groups is 1. The van der Waals surface area contributed by atoms with Crippen molar-refractivity contribution in [1.29, 1.82) is 0 Å². The number of hydrogen-bond donors (Lipinski definition) is 1. The summed E-state index contributed by atoms with van der Waals surface area (Å²) >= 11 is 1.53. The number of phenols is 1. The van der Waals surface area contributed by atoms with E-state index in [0.717, 1.165) is 43.1 Å². The normalized spacial score (nSPS) is 11.2. The van der Waals surface area contributed by atoms with Gasteiger partial charge in [-0.2, -0.15) is 12.1 Å². The van der Waals surface area contributed by atoms with Gasteiger partial charge in [-0.3, -0.25) is 0 Å². The number of aromatic nitrogens is 3. The fourth-order valence-electron chi connectivity index (χ4n) is 4.08. The van der Waals surface area contributed by atoms with Crippen LogP contribution in [-0.2, 0) is 21.1 Å². The molecule has 0 unspecified atom stereocenters. The van der Waals surface area contributed by atoms with Gasteiger partial charge in [0, 0.05) is 38.2 Å². The Hall–Kier alpha value is -3.14. The number of pyridine rings is 2. The molecular formula is C27H18N3OPtS-. The van der Waals surface area contributed by atoms with Crippen molar-refractivity contribution < 1.29 is 26.2 Å². The van der Waals surface area contributed by atoms with Gasteiger partial charge in [0.2, 0.25) is 0 Å². The third-order valence-electron chi connectivity index (χ3n) is 5.66. The number of aryl methyl sites for hydroxylation is 1. The number of para-hydroxylation sites is 1. The summed E-state index contributed by atoms with van der Waals surface area (Å²) in [7, 11) is 0. The molecule has 3 aromatic heterocycles. The van der Waals surface area contributed by atoms with Gasteiger partial charge in [-0.1, -0.05) is 58.6 Å². The first-order valence-electron chi connectivity index (χ1n) is 10.3. The Bertz CT molecular complexity index is 1630. The summed E-state index contributed by atoms with van der Waals surface area (Å²) in [4.78, 5) is 10.2. The van der Waals surface area contributed by atoms with Crippen LogP contribution in [0.2, 0.25) is 0 Å². The quantitative estimate of drug-likeness (QED) is 0.222. The number of phenolic OH excluding ortho intramolecular Hbond substituents is 1. The molecule has 33 heavy (non-hydrogen) atoms. The van der Waals surface area contributed by atoms with E-state index in [1.807, 2.05) is 61.7 Å². The molecule has 0 saturated carbocycles. The number of fused-ring (bicyclic) bond motifs is 4. The molecule has 0 aliphatic rings. The van der Waals surface area contributed by atoms with Crippen LogP contribution in [0, 0.1) is 13.0 Å². The summed E-state index contributed by atoms with van der Waals surface area (Å²) in [5.41, 5.74) is 3.52. The summed E-state index contributed by atoms with van der Waals surface area (Å²) < 4.78 is 2.15. The Labute approximate surface area is 209 Å². The van der Waals surface area contributed by atoms with Crippen LogP contribution in [0.15, 0.2) is 95.0 Å². The molecule has 0 bridgehead atoms. The number of rotatable bonds is 3. The molecule has 6 heteroatoms. The Morgan fingerprint density at radius 2 is 1.70 bits per heavy atom. The van der Waals surface area contributed by atoms with Gasteiger partial charge >= 0.3 is 0 Å². The van der Waals surface area contributed by atoms with Crippen molar-refractivity contribution >= 4 is 44.5 Å². The van der Waals surface area contributed by atoms with Crippen LogP contribution in [0.5, 0.6) is 5.75 Å². The van der Waals surface area contributed by atoms with Gasteiger partial charge in [0.15, 0.2) is 0 Å². The topological polar surface area (TPSA) is 50.9 Å². The van der Waals surface area contributed by atoms with Crippen molar-refractivity contribution in [3.63, 3.8) is 0 Å². The van der Waals surface area contributed by atoms with Crippen LogP contribution < -0.4 is 0 Å². The molecule has 0 radical (unpaired) electrons. The fourth-order valence-corrected chi connectivity index (χ4v) is 4.87. The van der Waals surface area contributed by atoms with Gasteiger partial charge in [0.25, 0.3) is 0 Å². The first-order chi connectivity index (χ1) is 15.7. The molecule has 0 fully saturated rings. The maximum absolute atomic E-state index is 10.4. The molecule has 4 nitrogen and oxygen atoms in total. The summed E-state index contributed by atoms with van der Waals surface area (Å²) in [6.45, 7) is 1.88. The third kappa shape index (κ3) is 3.71. The van der Waals surface area contributed by atoms with E-state index in [-0.39, 0.29) is 26.8 Å². The SMILES string of the molecule is Cc1ccc2ccc(Sc3[c-]c4c(cc3)c3ccccc3n4-c3ccccn3)nc2c1O.[Pt]. The molecule has 3 heterocycles. The van der Waals surface area contributed by atoms with Gasteiger partial charge in [0.05, 0.1) is 5.03 Å². The van der Waals surface area contributed by atoms with Crippen molar-refractivity contribution in [1.82, 2.24) is 14.5 Å². The van der Waals surface area contributed by atoms with E-state index in [9.17, 15) is 5.11 Å². The largest absolute Gasteiger partial charge is 0.505 e. The smallest absolute Gasteiger partial charge is 0.144 e. The van der Waals surface area contributed by atoms with E-state index < -0.39 is 0 Å². The predicted octanol–water partition coefficient (Wildman–Crippen LogP) is 6.69. The Balaban J connectivity index is 0.00000228. The van der Waals surface area contributed by atoms with Gasteiger partial charge in [-0.15, -0.1) is 11.5 Å². The van der Waals surface area contributed by atoms with Crippen molar-refractivity contribution in [3.05, 3.63) is 96.7 Å². The van der Waals surface area contributed by atoms with Crippen molar-refractivity contribution in [2.45, 2.75) is 16.8 Å². The second-order valence-corrected chi connectivity index (χ2v) is 8.74. The molecule has 0 amide bonds. The molecule has 3 aromatic carbocycles. The average molecular weight is 628 g/mol. The summed E-state index contributed by atoms with van der Waals surface area (Å²) in [5, 5.41) is 14.5. The third-order valence-corrected chi connectivity index (χ3v) is 6.56. The van der Waals surface area contributed by atoms with E-state index >= 15 is 0 Å². The fraction of sp³-hybridized carbons (Fsp3) is 0.0370. The van der Waals surface area contributed by atoms with Crippen molar-refractivity contribution in [3.8, 4) is 11.6 Å². The van der Waals surface area contributed by atoms with E-state index in [0.29, 0.717) is 5.52 Å². The average Bonchev–Trinajstić information content (AvgIpc) is 3.16. The number of nitrogens with zero attached hydrogens (tertiary/aromatic N) is 3. The van der Waals surface area contributed by atoms with Crippen molar-refractivity contribution in [2.75, 3.05) is 0 Å². The zero-order valence-corrected chi connectivity index (χ0v) is 20.7. The molecule has 6 aromatic rings. The zero-order valence-electron chi connectivity index (χ0n) is 17.6. The predicted molar refractivity (Wildman–Crippen MR) is 130 cm³/mol. The first-order valence-corrected chi connectivity index (χ1v) is 11.1. The molecule has 164 valence electrons. The monoisotopic (exact) mass is 627 g/mol. The molecule has 0 spiro atoms. The maximum atomic E-state index is 10.4. The van der Waals surface area contributed by atoms with Crippen LogP contribution in [0.3, 0.4) is 0 Å². The standard InChI is InChI=1S/C27H18N3OS.Pt/c1-17-9-10-18-11-14-25(29-26(18)27(17)31)32-19-12-13-21-20-6-2-3-7-22(20)30(23(21)16-19)24-8-4-5-15-28-24;/h2-15,31H,1H3;/q-1;. The van der Waals surface area contributed by atoms with E-state index in [2.05, 4.69) is 45.9 Å². The minimum absolute atomic E-state index is 0. The van der Waals surface area contributed by atoms with Crippen molar-refractivity contribution in [2.24, 2.45) is 0 Å². The van der Waals surface area contributed by atoms with E-state index in [4.69, 9.17) is 4.98 Å². The minimum Gasteiger partial charge on any atom is -0.505 e. The van der Waals surface area contributed by atoms with Gasteiger partial charge < -0.3 is 9.67 Å². The van der Waals surface area contributed by atoms with Crippen LogP contribution in [0.4, 0.5) is 0 Å². The van der Waals surface area contributed by atoms with Crippen LogP contribution >= 0.6 is 11.8 Å². The van der Waals surface area contributed by atoms with Gasteiger partial charge in [-0.05, 0) is 48.2 Å². The summed E-state index contributed by atoms with van der Waals surface area (Å²) in [5.74, 6) is 1.10. The van der Waals surface area contributed by atoms with Gasteiger partial charge in [0.1, 0.15) is 17.1 Å². The second-order valence-electron chi connectivity index (χ2n) is 7.68. The number of benzene rings is 3. The molecule has 0 aliphatic carbocycles. The molecule has 0 aliphatic heterocycles. The Morgan fingerprint density at radius 3 is 2.55 bits per heavy atom. The Morgan fingerprint density at radius 1 is 0.879 bits per heavy atom. The summed E-state index contributed by atoms with van der Waals surface area (Å²) in [6.07, 6.45) is 1.81. The maximum Gasteiger partial charge on any atom is 0.144 e. The van der Waals surface area contributed by atoms with Gasteiger partial charge in [-0.25, -0.2) is 9.97 Å². The number of hydrogen-bond acceptors (Lipinski definition) is 4. The van der Waals surface area contributed by atoms with Crippen LogP contribution in [0.1, 0.15) is 5.56 Å². The van der Waals surface area contributed by atoms with E-state index in [1.165, 1.54) is 17.1 Å². The summed E-state index contributed by atoms with van der Waals surface area (Å²) in [6, 6.07) is 29.9. The molecular weight excluding hydrogens is 609 g/mol. The minimum atomic E-state index is 0. The molecule has 6 rings (SSSR count). The molecule has 0 atom stereocenters. The van der Waals surface area contributed by atoms with E-state index in [1.54, 1.807) is 0 Å². The molecule has 1 N–H and O–H groups in total. The van der Waals surface area contributed by atoms with Crippen LogP contribution in [-0.4, -0.2) is 19.6 Å². The zero-order chi connectivity index (χ0) is 21.7. The first kappa shape index (κ1) is 21.7.